The second-order valence-corrected chi connectivity index (χ2v) is 8.03. The van der Waals surface area contributed by atoms with E-state index in [1.165, 1.54) is 0 Å². The summed E-state index contributed by atoms with van der Waals surface area (Å²) in [5.74, 6) is 1.49. The van der Waals surface area contributed by atoms with E-state index in [1.807, 2.05) is 31.2 Å². The summed E-state index contributed by atoms with van der Waals surface area (Å²) < 4.78 is 35.6. The van der Waals surface area contributed by atoms with Crippen LogP contribution in [0.2, 0.25) is 0 Å². The molecular weight excluding hydrogens is 352 g/mol. The van der Waals surface area contributed by atoms with E-state index in [0.717, 1.165) is 29.0 Å². The standard InChI is InChI=1S/C19H22N2O4S/c1-13-4-5-14(2)19(10-13)26(22,23)21-20-15(3)6-7-16-8-9-17-18(11-16)25-12-24-17/h4-5,8-11,21H,6-7,12H2,1-3H3/b20-15+. The molecule has 26 heavy (non-hydrogen) atoms. The third-order valence-corrected chi connectivity index (χ3v) is 5.55. The first-order valence-electron chi connectivity index (χ1n) is 8.36. The molecule has 0 bridgehead atoms. The van der Waals surface area contributed by atoms with Crippen LogP contribution in [0.15, 0.2) is 46.4 Å². The van der Waals surface area contributed by atoms with Crippen LogP contribution in [0, 0.1) is 13.8 Å². The molecule has 0 radical (unpaired) electrons. The smallest absolute Gasteiger partial charge is 0.276 e. The quantitative estimate of drug-likeness (QED) is 0.622. The Morgan fingerprint density at radius 3 is 2.69 bits per heavy atom. The van der Waals surface area contributed by atoms with Gasteiger partial charge in [0.25, 0.3) is 10.0 Å². The first-order chi connectivity index (χ1) is 12.3. The maximum absolute atomic E-state index is 12.5. The molecule has 2 aromatic rings. The van der Waals surface area contributed by atoms with E-state index in [4.69, 9.17) is 9.47 Å². The molecule has 0 atom stereocenters. The van der Waals surface area contributed by atoms with Gasteiger partial charge in [0.1, 0.15) is 0 Å². The van der Waals surface area contributed by atoms with Gasteiger partial charge < -0.3 is 9.47 Å². The average Bonchev–Trinajstić information content (AvgIpc) is 3.08. The molecule has 7 heteroatoms. The van der Waals surface area contributed by atoms with Crippen LogP contribution in [0.25, 0.3) is 0 Å². The van der Waals surface area contributed by atoms with Crippen molar-refractivity contribution < 1.29 is 17.9 Å². The minimum atomic E-state index is -3.67. The normalized spacial score (nSPS) is 13.7. The van der Waals surface area contributed by atoms with Crippen molar-refractivity contribution >= 4 is 15.7 Å². The van der Waals surface area contributed by atoms with E-state index >= 15 is 0 Å². The van der Waals surface area contributed by atoms with Crippen molar-refractivity contribution in [1.29, 1.82) is 0 Å². The maximum atomic E-state index is 12.5. The molecule has 0 aromatic heterocycles. The van der Waals surface area contributed by atoms with Crippen molar-refractivity contribution in [2.24, 2.45) is 5.10 Å². The highest BCUT2D eigenvalue weighted by Crippen LogP contribution is 2.32. The topological polar surface area (TPSA) is 77.0 Å². The van der Waals surface area contributed by atoms with E-state index in [1.54, 1.807) is 26.0 Å². The minimum absolute atomic E-state index is 0.249. The van der Waals surface area contributed by atoms with E-state index < -0.39 is 10.0 Å². The van der Waals surface area contributed by atoms with Gasteiger partial charge in [0.2, 0.25) is 6.79 Å². The largest absolute Gasteiger partial charge is 0.454 e. The van der Waals surface area contributed by atoms with Gasteiger partial charge in [0, 0.05) is 5.71 Å². The number of nitrogens with zero attached hydrogens (tertiary/aromatic N) is 1. The average molecular weight is 374 g/mol. The van der Waals surface area contributed by atoms with Crippen LogP contribution in [0.4, 0.5) is 0 Å². The third kappa shape index (κ3) is 4.16. The molecule has 138 valence electrons. The zero-order chi connectivity index (χ0) is 18.7. The van der Waals surface area contributed by atoms with Gasteiger partial charge in [-0.1, -0.05) is 18.2 Å². The van der Waals surface area contributed by atoms with Crippen molar-refractivity contribution in [3.63, 3.8) is 0 Å². The van der Waals surface area contributed by atoms with Crippen LogP contribution < -0.4 is 14.3 Å². The lowest BCUT2D eigenvalue weighted by atomic mass is 10.1. The predicted octanol–water partition coefficient (Wildman–Crippen LogP) is 3.32. The number of aryl methyl sites for hydroxylation is 3. The number of hydrogen-bond donors (Lipinski definition) is 1. The number of benzene rings is 2. The van der Waals surface area contributed by atoms with E-state index in [-0.39, 0.29) is 11.7 Å². The van der Waals surface area contributed by atoms with Gasteiger partial charge in [-0.15, -0.1) is 0 Å². The van der Waals surface area contributed by atoms with E-state index in [9.17, 15) is 8.42 Å². The Morgan fingerprint density at radius 2 is 1.88 bits per heavy atom. The fraction of sp³-hybridized carbons (Fsp3) is 0.316. The van der Waals surface area contributed by atoms with Gasteiger partial charge >= 0.3 is 0 Å². The molecule has 3 rings (SSSR count). The van der Waals surface area contributed by atoms with Gasteiger partial charge in [-0.3, -0.25) is 0 Å². The van der Waals surface area contributed by atoms with Gasteiger partial charge in [0.15, 0.2) is 11.5 Å². The van der Waals surface area contributed by atoms with Crippen LogP contribution in [0.3, 0.4) is 0 Å². The zero-order valence-electron chi connectivity index (χ0n) is 15.1. The van der Waals surface area contributed by atoms with Gasteiger partial charge in [-0.05, 0) is 68.5 Å². The fourth-order valence-corrected chi connectivity index (χ4v) is 3.87. The minimum Gasteiger partial charge on any atom is -0.454 e. The third-order valence-electron chi connectivity index (χ3n) is 4.20. The first-order valence-corrected chi connectivity index (χ1v) is 9.84. The number of ether oxygens (including phenoxy) is 2. The molecule has 2 aromatic carbocycles. The summed E-state index contributed by atoms with van der Waals surface area (Å²) in [7, 11) is -3.67. The lowest BCUT2D eigenvalue weighted by Crippen LogP contribution is -2.21. The summed E-state index contributed by atoms with van der Waals surface area (Å²) in [6, 6.07) is 11.1. The van der Waals surface area contributed by atoms with Crippen molar-refractivity contribution in [2.45, 2.75) is 38.5 Å². The Hall–Kier alpha value is -2.54. The predicted molar refractivity (Wildman–Crippen MR) is 100 cm³/mol. The highest BCUT2D eigenvalue weighted by atomic mass is 32.2. The van der Waals surface area contributed by atoms with Crippen molar-refractivity contribution in [2.75, 3.05) is 6.79 Å². The Balaban J connectivity index is 1.63. The molecular formula is C19H22N2O4S. The molecule has 0 aliphatic carbocycles. The Kier molecular flexibility index (Phi) is 5.18. The van der Waals surface area contributed by atoms with Crippen molar-refractivity contribution in [1.82, 2.24) is 4.83 Å². The zero-order valence-corrected chi connectivity index (χ0v) is 15.9. The molecule has 0 spiro atoms. The molecule has 6 nitrogen and oxygen atoms in total. The number of rotatable bonds is 6. The van der Waals surface area contributed by atoms with Crippen LogP contribution in [-0.4, -0.2) is 20.9 Å². The molecule has 1 heterocycles. The highest BCUT2D eigenvalue weighted by Gasteiger charge is 2.16. The Bertz CT molecular complexity index is 952. The molecule has 1 N–H and O–H groups in total. The van der Waals surface area contributed by atoms with Crippen LogP contribution >= 0.6 is 0 Å². The summed E-state index contributed by atoms with van der Waals surface area (Å²) in [5, 5.41) is 4.05. The highest BCUT2D eigenvalue weighted by molar-refractivity contribution is 7.89. The summed E-state index contributed by atoms with van der Waals surface area (Å²) in [6.07, 6.45) is 1.37. The van der Waals surface area contributed by atoms with Crippen LogP contribution in [0.5, 0.6) is 11.5 Å². The maximum Gasteiger partial charge on any atom is 0.276 e. The second kappa shape index (κ2) is 7.37. The summed E-state index contributed by atoms with van der Waals surface area (Å²) >= 11 is 0. The summed E-state index contributed by atoms with van der Waals surface area (Å²) in [4.78, 5) is 2.59. The Morgan fingerprint density at radius 1 is 1.12 bits per heavy atom. The summed E-state index contributed by atoms with van der Waals surface area (Å²) in [5.41, 5.74) is 3.37. The van der Waals surface area contributed by atoms with Gasteiger partial charge in [-0.2, -0.15) is 13.5 Å². The first kappa shape index (κ1) is 18.3. The molecule has 1 aliphatic rings. The molecule has 1 aliphatic heterocycles. The van der Waals surface area contributed by atoms with Crippen molar-refractivity contribution in [3.8, 4) is 11.5 Å². The molecule has 0 saturated heterocycles. The van der Waals surface area contributed by atoms with Gasteiger partial charge in [-0.25, -0.2) is 4.83 Å². The molecule has 0 amide bonds. The van der Waals surface area contributed by atoms with E-state index in [0.29, 0.717) is 17.7 Å². The number of fused-ring (bicyclic) bond motifs is 1. The van der Waals surface area contributed by atoms with E-state index in [2.05, 4.69) is 9.93 Å². The SMILES string of the molecule is C/C(CCc1ccc2c(c1)OCO2)=N\NS(=O)(=O)c1cc(C)ccc1C. The Labute approximate surface area is 153 Å². The lowest BCUT2D eigenvalue weighted by molar-refractivity contribution is 0.174. The van der Waals surface area contributed by atoms with Gasteiger partial charge in [0.05, 0.1) is 4.90 Å². The number of hydrazone groups is 1. The lowest BCUT2D eigenvalue weighted by Gasteiger charge is -2.09. The fourth-order valence-electron chi connectivity index (χ4n) is 2.66. The number of nitrogens with one attached hydrogen (secondary N) is 1. The summed E-state index contributed by atoms with van der Waals surface area (Å²) in [6.45, 7) is 5.68. The molecule has 0 unspecified atom stereocenters. The number of hydrogen-bond acceptors (Lipinski definition) is 5. The molecule has 0 fully saturated rings. The van der Waals surface area contributed by atoms with Crippen LogP contribution in [0.1, 0.15) is 30.0 Å². The van der Waals surface area contributed by atoms with Crippen molar-refractivity contribution in [3.05, 3.63) is 53.1 Å². The number of sulfonamides is 1. The monoisotopic (exact) mass is 374 g/mol. The molecule has 0 saturated carbocycles. The van der Waals surface area contributed by atoms with Crippen LogP contribution in [-0.2, 0) is 16.4 Å². The second-order valence-electron chi connectivity index (χ2n) is 6.40.